The Hall–Kier alpha value is -0.300. The fourth-order valence-electron chi connectivity index (χ4n) is 2.66. The van der Waals surface area contributed by atoms with Gasteiger partial charge in [0.15, 0.2) is 0 Å². The lowest BCUT2D eigenvalue weighted by molar-refractivity contribution is 0.282. The van der Waals surface area contributed by atoms with Gasteiger partial charge in [-0.2, -0.15) is 0 Å². The summed E-state index contributed by atoms with van der Waals surface area (Å²) >= 11 is 0. The first kappa shape index (κ1) is 23.0. The van der Waals surface area contributed by atoms with E-state index in [-0.39, 0.29) is 0 Å². The summed E-state index contributed by atoms with van der Waals surface area (Å²) in [4.78, 5) is 0. The monoisotopic (exact) mass is 298 g/mol. The molecule has 0 radical (unpaired) electrons. The second-order valence-electron chi connectivity index (χ2n) is 6.03. The van der Waals surface area contributed by atoms with Gasteiger partial charge in [-0.05, 0) is 6.42 Å². The minimum Gasteiger partial charge on any atom is -0.396 e. The highest BCUT2D eigenvalue weighted by Gasteiger charge is 1.94. The first-order valence-electron chi connectivity index (χ1n) is 9.52. The summed E-state index contributed by atoms with van der Waals surface area (Å²) in [6.45, 7) is 8.66. The molecule has 0 amide bonds. The third-order valence-corrected chi connectivity index (χ3v) is 4.01. The largest absolute Gasteiger partial charge is 0.396 e. The lowest BCUT2D eigenvalue weighted by Crippen LogP contribution is -1.85. The van der Waals surface area contributed by atoms with E-state index in [4.69, 9.17) is 5.11 Å². The van der Waals surface area contributed by atoms with E-state index in [1.165, 1.54) is 96.3 Å². The molecule has 0 atom stereocenters. The number of hydrogen-bond acceptors (Lipinski definition) is 1. The first-order chi connectivity index (χ1) is 10.4. The molecule has 0 bridgehead atoms. The second-order valence-corrected chi connectivity index (χ2v) is 6.03. The summed E-state index contributed by atoms with van der Waals surface area (Å²) in [5, 5.41) is 8.67. The van der Waals surface area contributed by atoms with E-state index < -0.39 is 0 Å². The number of hydrogen-bond donors (Lipinski definition) is 1. The molecule has 1 heteroatoms. The smallest absolute Gasteiger partial charge is 0.0431 e. The third-order valence-electron chi connectivity index (χ3n) is 4.01. The second kappa shape index (κ2) is 24.7. The molecule has 21 heavy (non-hydrogen) atoms. The summed E-state index contributed by atoms with van der Waals surface area (Å²) < 4.78 is 0. The standard InChI is InChI=1S/C18H38O.C2H4/c1-2-3-4-5-6-7-8-9-10-11-12-13-14-15-16-17-18-19;1-2/h19H,2-18H2,1H3;1-2H2. The molecule has 0 rings (SSSR count). The van der Waals surface area contributed by atoms with Gasteiger partial charge in [0.05, 0.1) is 0 Å². The zero-order valence-electron chi connectivity index (χ0n) is 14.9. The van der Waals surface area contributed by atoms with E-state index >= 15 is 0 Å². The van der Waals surface area contributed by atoms with Gasteiger partial charge in [0.2, 0.25) is 0 Å². The van der Waals surface area contributed by atoms with Crippen molar-refractivity contribution in [3.05, 3.63) is 13.2 Å². The molecule has 0 spiro atoms. The molecule has 0 aromatic heterocycles. The average molecular weight is 299 g/mol. The SMILES string of the molecule is C=C.CCCCCCCCCCCCCCCCCCO. The van der Waals surface area contributed by atoms with Crippen LogP contribution in [0, 0.1) is 0 Å². The van der Waals surface area contributed by atoms with Gasteiger partial charge in [0, 0.05) is 6.61 Å². The van der Waals surface area contributed by atoms with Crippen molar-refractivity contribution in [1.29, 1.82) is 0 Å². The Labute approximate surface area is 135 Å². The molecule has 0 fully saturated rings. The fraction of sp³-hybridized carbons (Fsp3) is 0.900. The molecular weight excluding hydrogens is 256 g/mol. The van der Waals surface area contributed by atoms with Crippen LogP contribution >= 0.6 is 0 Å². The van der Waals surface area contributed by atoms with Crippen molar-refractivity contribution in [3.63, 3.8) is 0 Å². The van der Waals surface area contributed by atoms with E-state index in [1.807, 2.05) is 0 Å². The predicted octanol–water partition coefficient (Wildman–Crippen LogP) is 7.04. The van der Waals surface area contributed by atoms with Crippen molar-refractivity contribution in [2.24, 2.45) is 0 Å². The average Bonchev–Trinajstić information content (AvgIpc) is 2.53. The van der Waals surface area contributed by atoms with Crippen molar-refractivity contribution in [1.82, 2.24) is 0 Å². The Balaban J connectivity index is 0. The molecule has 0 aliphatic rings. The van der Waals surface area contributed by atoms with Crippen molar-refractivity contribution >= 4 is 0 Å². The first-order valence-corrected chi connectivity index (χ1v) is 9.52. The Morgan fingerprint density at radius 2 is 0.714 bits per heavy atom. The summed E-state index contributed by atoms with van der Waals surface area (Å²) in [6.07, 6.45) is 22.2. The van der Waals surface area contributed by atoms with Crippen molar-refractivity contribution in [3.8, 4) is 0 Å². The zero-order valence-corrected chi connectivity index (χ0v) is 14.9. The topological polar surface area (TPSA) is 20.2 Å². The molecule has 0 heterocycles. The van der Waals surface area contributed by atoms with Gasteiger partial charge in [-0.15, -0.1) is 13.2 Å². The van der Waals surface area contributed by atoms with Crippen LogP contribution in [-0.4, -0.2) is 11.7 Å². The van der Waals surface area contributed by atoms with Crippen LogP contribution in [-0.2, 0) is 0 Å². The van der Waals surface area contributed by atoms with Gasteiger partial charge in [0.25, 0.3) is 0 Å². The van der Waals surface area contributed by atoms with Gasteiger partial charge in [0.1, 0.15) is 0 Å². The molecule has 0 aliphatic carbocycles. The lowest BCUT2D eigenvalue weighted by atomic mass is 10.0. The van der Waals surface area contributed by atoms with Crippen molar-refractivity contribution in [2.45, 2.75) is 110 Å². The van der Waals surface area contributed by atoms with Gasteiger partial charge in [-0.3, -0.25) is 0 Å². The van der Waals surface area contributed by atoms with Crippen LogP contribution in [0.1, 0.15) is 110 Å². The maximum absolute atomic E-state index is 8.67. The number of rotatable bonds is 16. The van der Waals surface area contributed by atoms with E-state index in [0.717, 1.165) is 6.42 Å². The lowest BCUT2D eigenvalue weighted by Gasteiger charge is -2.03. The minimum absolute atomic E-state index is 0.373. The van der Waals surface area contributed by atoms with Gasteiger partial charge < -0.3 is 5.11 Å². The van der Waals surface area contributed by atoms with Crippen LogP contribution in [0.15, 0.2) is 13.2 Å². The van der Waals surface area contributed by atoms with Crippen LogP contribution in [0.3, 0.4) is 0 Å². The Kier molecular flexibility index (Phi) is 27.0. The maximum atomic E-state index is 8.67. The highest BCUT2D eigenvalue weighted by Crippen LogP contribution is 2.13. The van der Waals surface area contributed by atoms with Crippen LogP contribution in [0.25, 0.3) is 0 Å². The normalized spacial score (nSPS) is 10.2. The van der Waals surface area contributed by atoms with Crippen LogP contribution in [0.5, 0.6) is 0 Å². The molecule has 1 nitrogen and oxygen atoms in total. The highest BCUT2D eigenvalue weighted by atomic mass is 16.2. The molecule has 0 saturated carbocycles. The van der Waals surface area contributed by atoms with Gasteiger partial charge in [-0.1, -0.05) is 103 Å². The number of unbranched alkanes of at least 4 members (excludes halogenated alkanes) is 15. The van der Waals surface area contributed by atoms with Gasteiger partial charge in [-0.25, -0.2) is 0 Å². The van der Waals surface area contributed by atoms with Gasteiger partial charge >= 0.3 is 0 Å². The highest BCUT2D eigenvalue weighted by molar-refractivity contribution is 4.49. The molecule has 0 aromatic rings. The van der Waals surface area contributed by atoms with Crippen molar-refractivity contribution in [2.75, 3.05) is 6.61 Å². The predicted molar refractivity (Wildman–Crippen MR) is 97.9 cm³/mol. The fourth-order valence-corrected chi connectivity index (χ4v) is 2.66. The molecule has 128 valence electrons. The Morgan fingerprint density at radius 1 is 0.476 bits per heavy atom. The summed E-state index contributed by atoms with van der Waals surface area (Å²) in [6, 6.07) is 0. The summed E-state index contributed by atoms with van der Waals surface area (Å²) in [5.41, 5.74) is 0. The number of aliphatic hydroxyl groups excluding tert-OH is 1. The molecule has 0 aliphatic heterocycles. The Bertz CT molecular complexity index is 140. The van der Waals surface area contributed by atoms with Crippen LogP contribution in [0.4, 0.5) is 0 Å². The molecular formula is C20H42O. The third kappa shape index (κ3) is 25.0. The maximum Gasteiger partial charge on any atom is 0.0431 e. The quantitative estimate of drug-likeness (QED) is 0.239. The molecule has 1 N–H and O–H groups in total. The van der Waals surface area contributed by atoms with Crippen LogP contribution < -0.4 is 0 Å². The molecule has 0 aromatic carbocycles. The van der Waals surface area contributed by atoms with Crippen molar-refractivity contribution < 1.29 is 5.11 Å². The van der Waals surface area contributed by atoms with E-state index in [0.29, 0.717) is 6.61 Å². The number of aliphatic hydroxyl groups is 1. The summed E-state index contributed by atoms with van der Waals surface area (Å²) in [5.74, 6) is 0. The minimum atomic E-state index is 0.373. The van der Waals surface area contributed by atoms with E-state index in [1.54, 1.807) is 0 Å². The zero-order chi connectivity index (χ0) is 16.0. The summed E-state index contributed by atoms with van der Waals surface area (Å²) in [7, 11) is 0. The Morgan fingerprint density at radius 3 is 0.952 bits per heavy atom. The van der Waals surface area contributed by atoms with E-state index in [2.05, 4.69) is 20.1 Å². The molecule has 0 unspecified atom stereocenters. The van der Waals surface area contributed by atoms with E-state index in [9.17, 15) is 0 Å². The van der Waals surface area contributed by atoms with Crippen LogP contribution in [0.2, 0.25) is 0 Å². The molecule has 0 saturated heterocycles.